The van der Waals surface area contributed by atoms with Crippen LogP contribution in [-0.2, 0) is 0 Å². The predicted molar refractivity (Wildman–Crippen MR) is 85.6 cm³/mol. The second kappa shape index (κ2) is 6.43. The van der Waals surface area contributed by atoms with Crippen LogP contribution in [0, 0.1) is 6.92 Å². The fourth-order valence-corrected chi connectivity index (χ4v) is 2.71. The molecule has 0 radical (unpaired) electrons. The Morgan fingerprint density at radius 3 is 2.80 bits per heavy atom. The van der Waals surface area contributed by atoms with E-state index in [1.165, 1.54) is 0 Å². The van der Waals surface area contributed by atoms with E-state index in [9.17, 15) is 0 Å². The summed E-state index contributed by atoms with van der Waals surface area (Å²) in [5.41, 5.74) is 2.88. The van der Waals surface area contributed by atoms with Gasteiger partial charge in [0.1, 0.15) is 5.75 Å². The highest BCUT2D eigenvalue weighted by Crippen LogP contribution is 2.34. The van der Waals surface area contributed by atoms with Gasteiger partial charge in [0.15, 0.2) is 5.13 Å². The molecule has 0 aliphatic rings. The Morgan fingerprint density at radius 2 is 2.15 bits per heavy atom. The van der Waals surface area contributed by atoms with Gasteiger partial charge in [-0.2, -0.15) is 0 Å². The molecule has 1 atom stereocenters. The third-order valence-electron chi connectivity index (χ3n) is 3.12. The third-order valence-corrected chi connectivity index (χ3v) is 4.30. The number of aryl methyl sites for hydroxylation is 1. The lowest BCUT2D eigenvalue weighted by molar-refractivity contribution is 0.417. The minimum Gasteiger partial charge on any atom is -0.495 e. The van der Waals surface area contributed by atoms with Crippen LogP contribution >= 0.6 is 22.9 Å². The summed E-state index contributed by atoms with van der Waals surface area (Å²) in [6.45, 7) is 4.04. The number of hydrogen-bond donors (Lipinski definition) is 2. The summed E-state index contributed by atoms with van der Waals surface area (Å²) >= 11 is 7.67. The second-order valence-corrected chi connectivity index (χ2v) is 5.78. The van der Waals surface area contributed by atoms with Crippen LogP contribution in [0.15, 0.2) is 17.5 Å². The van der Waals surface area contributed by atoms with Gasteiger partial charge in [-0.25, -0.2) is 4.98 Å². The van der Waals surface area contributed by atoms with E-state index in [0.29, 0.717) is 10.8 Å². The van der Waals surface area contributed by atoms with Crippen molar-refractivity contribution in [3.8, 4) is 5.75 Å². The maximum atomic E-state index is 6.10. The molecule has 1 heterocycles. The SMILES string of the molecule is CNC(C)c1csc(Nc2cc(C)c(Cl)cc2OC)n1. The van der Waals surface area contributed by atoms with Gasteiger partial charge >= 0.3 is 0 Å². The number of rotatable bonds is 5. The van der Waals surface area contributed by atoms with Gasteiger partial charge in [0, 0.05) is 22.5 Å². The molecule has 6 heteroatoms. The van der Waals surface area contributed by atoms with Gasteiger partial charge in [0.2, 0.25) is 0 Å². The van der Waals surface area contributed by atoms with Gasteiger partial charge in [-0.15, -0.1) is 11.3 Å². The van der Waals surface area contributed by atoms with Crippen LogP contribution in [0.25, 0.3) is 0 Å². The van der Waals surface area contributed by atoms with E-state index in [0.717, 1.165) is 22.1 Å². The number of thiazole rings is 1. The molecule has 2 rings (SSSR count). The second-order valence-electron chi connectivity index (χ2n) is 4.51. The third kappa shape index (κ3) is 3.23. The Bertz CT molecular complexity index is 600. The fourth-order valence-electron chi connectivity index (χ4n) is 1.74. The molecule has 0 aliphatic carbocycles. The number of benzene rings is 1. The summed E-state index contributed by atoms with van der Waals surface area (Å²) in [7, 11) is 3.55. The highest BCUT2D eigenvalue weighted by Gasteiger charge is 2.11. The summed E-state index contributed by atoms with van der Waals surface area (Å²) in [5, 5.41) is 10.0. The van der Waals surface area contributed by atoms with Crippen molar-refractivity contribution in [2.24, 2.45) is 0 Å². The van der Waals surface area contributed by atoms with Gasteiger partial charge < -0.3 is 15.4 Å². The highest BCUT2D eigenvalue weighted by atomic mass is 35.5. The molecular formula is C14H18ClN3OS. The smallest absolute Gasteiger partial charge is 0.187 e. The van der Waals surface area contributed by atoms with Crippen molar-refractivity contribution in [1.29, 1.82) is 0 Å². The maximum Gasteiger partial charge on any atom is 0.187 e. The summed E-state index contributed by atoms with van der Waals surface area (Å²) in [4.78, 5) is 4.56. The molecule has 0 spiro atoms. The summed E-state index contributed by atoms with van der Waals surface area (Å²) in [5.74, 6) is 0.707. The molecule has 0 aliphatic heterocycles. The molecule has 1 aromatic heterocycles. The van der Waals surface area contributed by atoms with E-state index >= 15 is 0 Å². The topological polar surface area (TPSA) is 46.2 Å². The molecule has 1 aromatic carbocycles. The Kier molecular flexibility index (Phi) is 4.86. The van der Waals surface area contributed by atoms with E-state index in [4.69, 9.17) is 16.3 Å². The molecule has 0 fully saturated rings. The number of halogens is 1. The van der Waals surface area contributed by atoms with Crippen LogP contribution in [0.3, 0.4) is 0 Å². The lowest BCUT2D eigenvalue weighted by Crippen LogP contribution is -2.12. The average Bonchev–Trinajstić information content (AvgIpc) is 2.90. The molecule has 0 saturated heterocycles. The monoisotopic (exact) mass is 311 g/mol. The first-order valence-corrected chi connectivity index (χ1v) is 7.54. The summed E-state index contributed by atoms with van der Waals surface area (Å²) < 4.78 is 5.35. The number of anilines is 2. The zero-order chi connectivity index (χ0) is 14.7. The molecular weight excluding hydrogens is 294 g/mol. The van der Waals surface area contributed by atoms with E-state index in [1.807, 2.05) is 31.5 Å². The zero-order valence-electron chi connectivity index (χ0n) is 12.0. The van der Waals surface area contributed by atoms with Crippen molar-refractivity contribution in [2.45, 2.75) is 19.9 Å². The zero-order valence-corrected chi connectivity index (χ0v) is 13.5. The normalized spacial score (nSPS) is 12.2. The van der Waals surface area contributed by atoms with Gasteiger partial charge in [0.05, 0.1) is 18.5 Å². The van der Waals surface area contributed by atoms with Crippen molar-refractivity contribution in [3.05, 3.63) is 33.8 Å². The molecule has 0 saturated carbocycles. The molecule has 20 heavy (non-hydrogen) atoms. The quantitative estimate of drug-likeness (QED) is 0.871. The van der Waals surface area contributed by atoms with Crippen molar-refractivity contribution >= 4 is 33.8 Å². The average molecular weight is 312 g/mol. The molecule has 1 unspecified atom stereocenters. The number of ether oxygens (including phenoxy) is 1. The van der Waals surface area contributed by atoms with Crippen molar-refractivity contribution in [2.75, 3.05) is 19.5 Å². The molecule has 2 N–H and O–H groups in total. The largest absolute Gasteiger partial charge is 0.495 e. The van der Waals surface area contributed by atoms with Crippen LogP contribution < -0.4 is 15.4 Å². The van der Waals surface area contributed by atoms with Crippen LogP contribution in [0.2, 0.25) is 5.02 Å². The number of hydrogen-bond acceptors (Lipinski definition) is 5. The maximum absolute atomic E-state index is 6.10. The van der Waals surface area contributed by atoms with Crippen LogP contribution in [0.4, 0.5) is 10.8 Å². The van der Waals surface area contributed by atoms with Gasteiger partial charge in [-0.05, 0) is 32.5 Å². The van der Waals surface area contributed by atoms with Crippen LogP contribution in [0.1, 0.15) is 24.2 Å². The molecule has 108 valence electrons. The molecule has 0 bridgehead atoms. The van der Waals surface area contributed by atoms with E-state index in [1.54, 1.807) is 18.4 Å². The number of aromatic nitrogens is 1. The molecule has 0 amide bonds. The molecule has 4 nitrogen and oxygen atoms in total. The Balaban J connectivity index is 2.25. The summed E-state index contributed by atoms with van der Waals surface area (Å²) in [6.07, 6.45) is 0. The first-order valence-electron chi connectivity index (χ1n) is 6.29. The van der Waals surface area contributed by atoms with Crippen LogP contribution in [-0.4, -0.2) is 19.1 Å². The summed E-state index contributed by atoms with van der Waals surface area (Å²) in [6, 6.07) is 4.00. The van der Waals surface area contributed by atoms with Crippen LogP contribution in [0.5, 0.6) is 5.75 Å². The lowest BCUT2D eigenvalue weighted by atomic mass is 10.2. The van der Waals surface area contributed by atoms with Crippen molar-refractivity contribution in [3.63, 3.8) is 0 Å². The molecule has 2 aromatic rings. The predicted octanol–water partition coefficient (Wildman–Crippen LogP) is 4.14. The minimum absolute atomic E-state index is 0.232. The van der Waals surface area contributed by atoms with E-state index in [2.05, 4.69) is 22.5 Å². The van der Waals surface area contributed by atoms with Gasteiger partial charge in [0.25, 0.3) is 0 Å². The number of nitrogens with zero attached hydrogens (tertiary/aromatic N) is 1. The van der Waals surface area contributed by atoms with Crippen molar-refractivity contribution in [1.82, 2.24) is 10.3 Å². The minimum atomic E-state index is 0.232. The Labute approximate surface area is 128 Å². The number of methoxy groups -OCH3 is 1. The fraction of sp³-hybridized carbons (Fsp3) is 0.357. The van der Waals surface area contributed by atoms with E-state index in [-0.39, 0.29) is 6.04 Å². The first-order chi connectivity index (χ1) is 9.55. The lowest BCUT2D eigenvalue weighted by Gasteiger charge is -2.11. The van der Waals surface area contributed by atoms with Crippen molar-refractivity contribution < 1.29 is 4.74 Å². The van der Waals surface area contributed by atoms with Gasteiger partial charge in [-0.1, -0.05) is 11.6 Å². The Hall–Kier alpha value is -1.30. The van der Waals surface area contributed by atoms with Gasteiger partial charge in [-0.3, -0.25) is 0 Å². The number of nitrogens with one attached hydrogen (secondary N) is 2. The standard InChI is InChI=1S/C14H18ClN3OS/c1-8-5-11(13(19-4)6-10(8)15)17-14-18-12(7-20-14)9(2)16-3/h5-7,9,16H,1-4H3,(H,17,18). The highest BCUT2D eigenvalue weighted by molar-refractivity contribution is 7.13. The first kappa shape index (κ1) is 15.1. The Morgan fingerprint density at radius 1 is 1.40 bits per heavy atom. The van der Waals surface area contributed by atoms with E-state index < -0.39 is 0 Å².